The summed E-state index contributed by atoms with van der Waals surface area (Å²) in [5.74, 6) is -1.37. The maximum Gasteiger partial charge on any atom is 0.484 e. The minimum absolute atomic E-state index is 0. The van der Waals surface area contributed by atoms with Crippen molar-refractivity contribution in [2.45, 2.75) is 58.0 Å². The number of aromatic amines is 1. The summed E-state index contributed by atoms with van der Waals surface area (Å²) in [6.07, 6.45) is -5.80. The number of H-pyrrole nitrogens is 1. The Kier molecular flexibility index (Phi) is 15.3. The third-order valence-corrected chi connectivity index (χ3v) is 11.0. The highest BCUT2D eigenvalue weighted by Gasteiger charge is 2.42. The summed E-state index contributed by atoms with van der Waals surface area (Å²) in [4.78, 5) is 63.5. The Hall–Kier alpha value is -5.44. The second-order valence-corrected chi connectivity index (χ2v) is 15.6. The molecule has 0 amide bonds. The molecule has 316 valence electrons. The Balaban J connectivity index is 0.00000769. The molecule has 5 atom stereocenters. The molecule has 1 saturated heterocycles. The number of rotatable bonds is 16. The zero-order valence-corrected chi connectivity index (χ0v) is 32.6. The van der Waals surface area contributed by atoms with Gasteiger partial charge in [0.15, 0.2) is 0 Å². The normalized spacial score (nSPS) is 18.4. The predicted octanol–water partition coefficient (Wildman–Crippen LogP) is 6.81. The van der Waals surface area contributed by atoms with Gasteiger partial charge in [0.25, 0.3) is 5.56 Å². The first kappa shape index (κ1) is 46.3. The Morgan fingerprint density at radius 2 is 1.51 bits per heavy atom. The molecule has 5 N–H and O–H groups in total. The fourth-order valence-corrected chi connectivity index (χ4v) is 7.77. The van der Waals surface area contributed by atoms with Crippen molar-refractivity contribution < 1.29 is 68.9 Å². The van der Waals surface area contributed by atoms with Gasteiger partial charge in [-0.15, -0.1) is 0 Å². The highest BCUT2D eigenvalue weighted by molar-refractivity contribution is 7.61. The Morgan fingerprint density at radius 1 is 0.949 bits per heavy atom. The number of carbonyl (C=O) groups excluding carboxylic acids is 2. The van der Waals surface area contributed by atoms with Crippen LogP contribution in [0.5, 0.6) is 11.5 Å². The number of hydrogen-bond donors (Lipinski definition) is 3. The topological polar surface area (TPSA) is 292 Å². The van der Waals surface area contributed by atoms with Gasteiger partial charge in [0.05, 0.1) is 43.1 Å². The number of aromatic nitrogens is 2. The lowest BCUT2D eigenvalue weighted by Gasteiger charge is -2.22. The van der Waals surface area contributed by atoms with E-state index in [1.807, 2.05) is 0 Å². The number of nitrogens with one attached hydrogen (secondary N) is 1. The van der Waals surface area contributed by atoms with E-state index in [1.165, 1.54) is 68.6 Å². The van der Waals surface area contributed by atoms with Gasteiger partial charge < -0.3 is 25.3 Å². The molecule has 4 aromatic rings. The number of aryl methyl sites for hydroxylation is 1. The molecule has 2 heterocycles. The summed E-state index contributed by atoms with van der Waals surface area (Å²) < 4.78 is 103. The standard InChI is InChI=1S/C34H32F3N5O14P2.H3N/c1-20-16-42(33(46)39-31(20)44)30-15-28(40-41-38)29(55-30)19-50-57(47,48)56-58(49,51-17-22-3-11-26(12-4-22)53-21(2)43)52-18-23-5-13-27(14-6-23)54-32(45)24-7-9-25(10-8-24)34(35,36)37;/h3-14,16,28-30H,15,17-19H2,1-2H3,(H,47,48)(H,39,44,46);1H3/t28?,29-,30-,58?;/m1./s1. The molecule has 20 nitrogen and oxygen atoms in total. The molecule has 0 aliphatic carbocycles. The fraction of sp³-hybridized carbons (Fsp3) is 0.294. The number of halogens is 3. The van der Waals surface area contributed by atoms with Crippen molar-refractivity contribution in [2.24, 2.45) is 5.11 Å². The lowest BCUT2D eigenvalue weighted by Crippen LogP contribution is -2.33. The van der Waals surface area contributed by atoms with Crippen LogP contribution in [0.3, 0.4) is 0 Å². The molecule has 1 fully saturated rings. The van der Waals surface area contributed by atoms with Crippen molar-refractivity contribution in [3.05, 3.63) is 138 Å². The molecular weight excluding hydrogens is 835 g/mol. The number of phosphoric acid groups is 2. The van der Waals surface area contributed by atoms with Crippen molar-refractivity contribution >= 4 is 27.6 Å². The first-order valence-corrected chi connectivity index (χ1v) is 19.6. The van der Waals surface area contributed by atoms with E-state index < -0.39 is 88.8 Å². The van der Waals surface area contributed by atoms with Gasteiger partial charge in [-0.05, 0) is 72.1 Å². The van der Waals surface area contributed by atoms with E-state index in [-0.39, 0.29) is 40.8 Å². The molecule has 0 saturated carbocycles. The number of alkyl halides is 3. The summed E-state index contributed by atoms with van der Waals surface area (Å²) in [5.41, 5.74) is 7.26. The van der Waals surface area contributed by atoms with Crippen molar-refractivity contribution in [1.29, 1.82) is 0 Å². The number of ether oxygens (including phenoxy) is 3. The van der Waals surface area contributed by atoms with E-state index in [9.17, 15) is 46.4 Å². The van der Waals surface area contributed by atoms with Crippen molar-refractivity contribution in [2.75, 3.05) is 6.61 Å². The van der Waals surface area contributed by atoms with Gasteiger partial charge >= 0.3 is 39.5 Å². The quantitative estimate of drug-likeness (QED) is 0.0260. The molecule has 0 bridgehead atoms. The number of hydrogen-bond acceptors (Lipinski definition) is 15. The molecule has 0 radical (unpaired) electrons. The molecule has 5 rings (SSSR count). The van der Waals surface area contributed by atoms with Gasteiger partial charge in [-0.2, -0.15) is 17.5 Å². The van der Waals surface area contributed by atoms with Crippen molar-refractivity contribution in [3.63, 3.8) is 0 Å². The fourth-order valence-electron chi connectivity index (χ4n) is 5.17. The van der Waals surface area contributed by atoms with E-state index in [4.69, 9.17) is 37.6 Å². The third kappa shape index (κ3) is 13.0. The van der Waals surface area contributed by atoms with Crippen LogP contribution in [0.25, 0.3) is 10.4 Å². The van der Waals surface area contributed by atoms with E-state index in [0.29, 0.717) is 5.56 Å². The molecular formula is C34H35F3N6O14P2. The third-order valence-electron chi connectivity index (χ3n) is 8.01. The SMILES string of the molecule is CC(=O)Oc1ccc(COP(=O)(OCc2ccc(OC(=O)c3ccc(C(F)(F)F)cc3)cc2)OP(=O)(O)OC[C@H]2O[C@@H](n3cc(C)c(=O)[nH]c3=O)CC2N=[N+]=[N-])cc1.N. The number of azide groups is 1. The van der Waals surface area contributed by atoms with Gasteiger partial charge in [0.1, 0.15) is 17.7 Å². The summed E-state index contributed by atoms with van der Waals surface area (Å²) >= 11 is 0. The number of nitrogens with zero attached hydrogens (tertiary/aromatic N) is 4. The second kappa shape index (κ2) is 19.5. The van der Waals surface area contributed by atoms with E-state index in [0.717, 1.165) is 28.8 Å². The van der Waals surface area contributed by atoms with Crippen LogP contribution in [0.1, 0.15) is 52.2 Å². The molecule has 59 heavy (non-hydrogen) atoms. The van der Waals surface area contributed by atoms with E-state index >= 15 is 0 Å². The van der Waals surface area contributed by atoms with Gasteiger partial charge in [0, 0.05) is 30.0 Å². The van der Waals surface area contributed by atoms with Gasteiger partial charge in [-0.25, -0.2) is 18.7 Å². The highest BCUT2D eigenvalue weighted by atomic mass is 31.3. The average molecular weight is 871 g/mol. The summed E-state index contributed by atoms with van der Waals surface area (Å²) in [6.45, 7) is 0.723. The van der Waals surface area contributed by atoms with Crippen molar-refractivity contribution in [3.8, 4) is 11.5 Å². The van der Waals surface area contributed by atoms with Crippen LogP contribution in [0.4, 0.5) is 13.2 Å². The maximum absolute atomic E-state index is 13.9. The Labute approximate surface area is 331 Å². The Bertz CT molecular complexity index is 2390. The summed E-state index contributed by atoms with van der Waals surface area (Å²) in [7, 11) is -10.4. The minimum Gasteiger partial charge on any atom is -0.427 e. The molecule has 3 unspecified atom stereocenters. The van der Waals surface area contributed by atoms with Crippen LogP contribution in [0.15, 0.2) is 93.7 Å². The average Bonchev–Trinajstić information content (AvgIpc) is 3.56. The van der Waals surface area contributed by atoms with Gasteiger partial charge in [0.2, 0.25) is 0 Å². The first-order chi connectivity index (χ1) is 27.3. The van der Waals surface area contributed by atoms with Crippen LogP contribution < -0.4 is 26.9 Å². The maximum atomic E-state index is 13.9. The van der Waals surface area contributed by atoms with Crippen LogP contribution in [0, 0.1) is 6.92 Å². The van der Waals surface area contributed by atoms with Gasteiger partial charge in [-0.1, -0.05) is 29.4 Å². The summed E-state index contributed by atoms with van der Waals surface area (Å²) in [5, 5.41) is 3.60. The molecule has 25 heteroatoms. The van der Waals surface area contributed by atoms with Crippen LogP contribution in [-0.2, 0) is 55.9 Å². The molecule has 1 aromatic heterocycles. The first-order valence-electron chi connectivity index (χ1n) is 16.7. The summed E-state index contributed by atoms with van der Waals surface area (Å²) in [6, 6.07) is 13.3. The van der Waals surface area contributed by atoms with Crippen LogP contribution in [0.2, 0.25) is 0 Å². The largest absolute Gasteiger partial charge is 0.484 e. The smallest absolute Gasteiger partial charge is 0.427 e. The molecule has 1 aliphatic rings. The Morgan fingerprint density at radius 3 is 2.03 bits per heavy atom. The van der Waals surface area contributed by atoms with E-state index in [1.54, 1.807) is 0 Å². The lowest BCUT2D eigenvalue weighted by molar-refractivity contribution is -0.137. The molecule has 1 aliphatic heterocycles. The predicted molar refractivity (Wildman–Crippen MR) is 197 cm³/mol. The van der Waals surface area contributed by atoms with Gasteiger partial charge in [-0.3, -0.25) is 32.7 Å². The number of carbonyl (C=O) groups is 2. The lowest BCUT2D eigenvalue weighted by atomic mass is 10.1. The monoisotopic (exact) mass is 870 g/mol. The molecule has 0 spiro atoms. The number of benzene rings is 3. The van der Waals surface area contributed by atoms with E-state index in [2.05, 4.69) is 15.0 Å². The zero-order valence-electron chi connectivity index (χ0n) is 30.8. The highest BCUT2D eigenvalue weighted by Crippen LogP contribution is 2.64. The van der Waals surface area contributed by atoms with Crippen LogP contribution >= 0.6 is 15.6 Å². The number of esters is 2. The minimum atomic E-state index is -5.38. The zero-order chi connectivity index (χ0) is 42.3. The second-order valence-electron chi connectivity index (χ2n) is 12.3. The molecule has 3 aromatic carbocycles. The van der Waals surface area contributed by atoms with Crippen molar-refractivity contribution in [1.82, 2.24) is 15.7 Å². The van der Waals surface area contributed by atoms with Crippen LogP contribution in [-0.4, -0.2) is 45.1 Å². The number of phosphoric ester groups is 2.